The van der Waals surface area contributed by atoms with E-state index < -0.39 is 0 Å². The predicted molar refractivity (Wildman–Crippen MR) is 255 cm³/mol. The first-order valence-electron chi connectivity index (χ1n) is 22.8. The van der Waals surface area contributed by atoms with Gasteiger partial charge < -0.3 is 14.5 Å². The number of aliphatic imine (C=N–C) groups is 1. The molecule has 2 N–H and O–H groups in total. The lowest BCUT2D eigenvalue weighted by Gasteiger charge is -2.33. The lowest BCUT2D eigenvalue weighted by molar-refractivity contribution is 0.409. The van der Waals surface area contributed by atoms with Crippen LogP contribution in [-0.4, -0.2) is 15.0 Å². The Bertz CT molecular complexity index is 3180. The first-order chi connectivity index (χ1) is 30.7. The number of benzene rings is 4. The van der Waals surface area contributed by atoms with Crippen LogP contribution in [0.15, 0.2) is 156 Å². The Balaban J connectivity index is 1.01. The van der Waals surface area contributed by atoms with Crippen LogP contribution in [0.3, 0.4) is 0 Å². The molecule has 0 bridgehead atoms. The smallest absolute Gasteiger partial charge is 0.131 e. The minimum Gasteiger partial charge on any atom is -0.350 e. The number of fused-ring (bicyclic) bond motifs is 9. The van der Waals surface area contributed by atoms with Crippen molar-refractivity contribution in [1.29, 1.82) is 0 Å². The lowest BCUT2D eigenvalue weighted by atomic mass is 9.80. The number of hydrogen-bond acceptors (Lipinski definition) is 3. The van der Waals surface area contributed by atoms with Crippen molar-refractivity contribution in [3.05, 3.63) is 212 Å². The molecule has 13 rings (SSSR count). The summed E-state index contributed by atoms with van der Waals surface area (Å²) in [6, 6.07) is 35.5. The van der Waals surface area contributed by atoms with Crippen molar-refractivity contribution < 1.29 is 0 Å². The van der Waals surface area contributed by atoms with Gasteiger partial charge in [-0.2, -0.15) is 0 Å². The highest BCUT2D eigenvalue weighted by molar-refractivity contribution is 6.01. The number of allylic oxidation sites excluding steroid dienone is 9. The summed E-state index contributed by atoms with van der Waals surface area (Å²) in [6.07, 6.45) is 36.2. The molecule has 0 saturated carbocycles. The van der Waals surface area contributed by atoms with Crippen molar-refractivity contribution in [1.82, 2.24) is 19.8 Å². The molecule has 6 aliphatic carbocycles. The Morgan fingerprint density at radius 3 is 2.44 bits per heavy atom. The molecule has 7 aliphatic rings. The third-order valence-corrected chi connectivity index (χ3v) is 14.5. The van der Waals surface area contributed by atoms with Gasteiger partial charge in [0.1, 0.15) is 18.2 Å². The summed E-state index contributed by atoms with van der Waals surface area (Å²) in [5.74, 6) is 1.80. The number of para-hydroxylation sites is 1. The average molecular weight is 804 g/mol. The fourth-order valence-corrected chi connectivity index (χ4v) is 11.5. The highest BCUT2D eigenvalue weighted by Crippen LogP contribution is 2.43. The van der Waals surface area contributed by atoms with Crippen LogP contribution in [0.25, 0.3) is 47.0 Å². The van der Waals surface area contributed by atoms with Crippen LogP contribution < -0.4 is 21.2 Å². The van der Waals surface area contributed by atoms with Gasteiger partial charge in [0.25, 0.3) is 0 Å². The number of nitrogens with one attached hydrogen (secondary N) is 2. The van der Waals surface area contributed by atoms with E-state index in [9.17, 15) is 0 Å². The highest BCUT2D eigenvalue weighted by atomic mass is 15.3. The number of rotatable bonds is 5. The van der Waals surface area contributed by atoms with Crippen LogP contribution in [0.1, 0.15) is 94.4 Å². The second-order valence-corrected chi connectivity index (χ2v) is 18.1. The molecular weight excluding hydrogens is 755 g/mol. The zero-order valence-corrected chi connectivity index (χ0v) is 34.8. The largest absolute Gasteiger partial charge is 0.350 e. The van der Waals surface area contributed by atoms with Crippen molar-refractivity contribution in [2.24, 2.45) is 16.8 Å². The first kappa shape index (κ1) is 36.0. The molecular formula is C57H49N5. The van der Waals surface area contributed by atoms with Crippen molar-refractivity contribution >= 4 is 47.1 Å². The SMILES string of the molecule is C1=CCC2C=c3c4c(n(-c5cc(C6=NC(c7ccccc7)NC(c7ccccc7)N6)cc6c5C=CCC6)c3=CC2=C1)CC(n1c2c(c3ccccc31)C=C1CCC=CC1C2)C=C4. The molecule has 4 aromatic carbocycles. The quantitative estimate of drug-likeness (QED) is 0.171. The molecule has 1 aliphatic heterocycles. The number of amidine groups is 1. The zero-order valence-electron chi connectivity index (χ0n) is 34.8. The normalized spacial score (nSPS) is 23.9. The molecule has 5 nitrogen and oxygen atoms in total. The monoisotopic (exact) mass is 803 g/mol. The summed E-state index contributed by atoms with van der Waals surface area (Å²) in [4.78, 5) is 5.46. The molecule has 0 saturated heterocycles. The summed E-state index contributed by atoms with van der Waals surface area (Å²) in [7, 11) is 0. The summed E-state index contributed by atoms with van der Waals surface area (Å²) < 4.78 is 5.37. The molecule has 3 heterocycles. The zero-order chi connectivity index (χ0) is 40.7. The summed E-state index contributed by atoms with van der Waals surface area (Å²) in [5, 5.41) is 11.7. The van der Waals surface area contributed by atoms with Crippen LogP contribution in [0.5, 0.6) is 0 Å². The van der Waals surface area contributed by atoms with E-state index in [2.05, 4.69) is 190 Å². The molecule has 0 spiro atoms. The first-order valence-corrected chi connectivity index (χ1v) is 22.8. The summed E-state index contributed by atoms with van der Waals surface area (Å²) in [6.45, 7) is 0. The fourth-order valence-electron chi connectivity index (χ4n) is 11.5. The van der Waals surface area contributed by atoms with Gasteiger partial charge in [-0.3, -0.25) is 5.32 Å². The van der Waals surface area contributed by atoms with Crippen LogP contribution in [0, 0.1) is 11.8 Å². The predicted octanol–water partition coefficient (Wildman–Crippen LogP) is 10.5. The van der Waals surface area contributed by atoms with Gasteiger partial charge in [0.05, 0.1) is 17.1 Å². The fraction of sp³-hybridized carbons (Fsp3) is 0.211. The van der Waals surface area contributed by atoms with Crippen molar-refractivity contribution in [2.45, 2.75) is 63.3 Å². The number of aryl methyl sites for hydroxylation is 1. The minimum atomic E-state index is -0.196. The molecule has 62 heavy (non-hydrogen) atoms. The van der Waals surface area contributed by atoms with E-state index in [0.29, 0.717) is 11.8 Å². The van der Waals surface area contributed by atoms with Gasteiger partial charge in [0, 0.05) is 68.0 Å². The molecule has 0 fully saturated rings. The highest BCUT2D eigenvalue weighted by Gasteiger charge is 2.33. The Morgan fingerprint density at radius 2 is 1.53 bits per heavy atom. The van der Waals surface area contributed by atoms with Crippen molar-refractivity contribution in [3.63, 3.8) is 0 Å². The number of hydrogen-bond donors (Lipinski definition) is 2. The molecule has 5 atom stereocenters. The van der Waals surface area contributed by atoms with Crippen molar-refractivity contribution in [2.75, 3.05) is 0 Å². The topological polar surface area (TPSA) is 46.3 Å². The van der Waals surface area contributed by atoms with Gasteiger partial charge in [-0.1, -0.05) is 151 Å². The summed E-state index contributed by atoms with van der Waals surface area (Å²) in [5.41, 5.74) is 17.4. The maximum Gasteiger partial charge on any atom is 0.131 e. The van der Waals surface area contributed by atoms with E-state index in [-0.39, 0.29) is 18.4 Å². The Labute approximate surface area is 362 Å². The lowest BCUT2D eigenvalue weighted by Crippen LogP contribution is -2.45. The maximum atomic E-state index is 5.46. The summed E-state index contributed by atoms with van der Waals surface area (Å²) >= 11 is 0. The second kappa shape index (κ2) is 14.5. The van der Waals surface area contributed by atoms with Gasteiger partial charge in [0.15, 0.2) is 0 Å². The second-order valence-electron chi connectivity index (χ2n) is 18.1. The van der Waals surface area contributed by atoms with Gasteiger partial charge in [0.2, 0.25) is 0 Å². The maximum absolute atomic E-state index is 5.46. The number of aromatic nitrogens is 2. The van der Waals surface area contributed by atoms with Gasteiger partial charge in [-0.25, -0.2) is 4.99 Å². The van der Waals surface area contributed by atoms with E-state index in [0.717, 1.165) is 55.5 Å². The minimum absolute atomic E-state index is 0.102. The van der Waals surface area contributed by atoms with Crippen LogP contribution in [-0.2, 0) is 19.3 Å². The third kappa shape index (κ3) is 5.82. The van der Waals surface area contributed by atoms with Gasteiger partial charge in [-0.05, 0) is 85.1 Å². The van der Waals surface area contributed by atoms with E-state index in [4.69, 9.17) is 4.99 Å². The third-order valence-electron chi connectivity index (χ3n) is 14.5. The number of nitrogens with zero attached hydrogens (tertiary/aromatic N) is 3. The molecule has 0 amide bonds. The molecule has 2 aromatic heterocycles. The van der Waals surface area contributed by atoms with E-state index >= 15 is 0 Å². The van der Waals surface area contributed by atoms with Crippen LogP contribution in [0.4, 0.5) is 0 Å². The molecule has 0 radical (unpaired) electrons. The van der Waals surface area contributed by atoms with E-state index in [1.165, 1.54) is 78.4 Å². The van der Waals surface area contributed by atoms with Crippen LogP contribution >= 0.6 is 0 Å². The Hall–Kier alpha value is -6.69. The van der Waals surface area contributed by atoms with E-state index in [1.54, 1.807) is 5.57 Å². The molecule has 5 heteroatoms. The standard InChI is InChI=1S/C57H49N5/c1-3-15-36(16-4-1)55-58-56(37-17-5-2-6-18-37)60-57(59-55)43-29-42-23-11-12-24-45(42)51(34-43)62-53-33-41-22-10-8-20-39(41)31-49(53)47-28-27-44(35-54(47)62)61-50-26-14-13-25-46(50)48-30-38-19-7-9-21-40(38)32-52(48)61/h1-6,8-10,12-18,21-22,24-31,33-34,39-40,44,55-56,58H,7,11,19-20,23,32,35H2,(H,59,60). The van der Waals surface area contributed by atoms with Crippen LogP contribution in [0.2, 0.25) is 0 Å². The van der Waals surface area contributed by atoms with Gasteiger partial charge in [-0.15, -0.1) is 0 Å². The Kier molecular flexibility index (Phi) is 8.40. The average Bonchev–Trinajstić information content (AvgIpc) is 3.83. The van der Waals surface area contributed by atoms with Gasteiger partial charge >= 0.3 is 0 Å². The van der Waals surface area contributed by atoms with Crippen molar-refractivity contribution in [3.8, 4) is 5.69 Å². The van der Waals surface area contributed by atoms with E-state index in [1.807, 2.05) is 0 Å². The molecule has 5 unspecified atom stereocenters. The molecule has 302 valence electrons. The molecule has 6 aromatic rings. The Morgan fingerprint density at radius 1 is 0.694 bits per heavy atom.